The van der Waals surface area contributed by atoms with Crippen LogP contribution in [0.25, 0.3) is 11.1 Å². The Kier molecular flexibility index (Phi) is 35.4. The molecule has 0 saturated carbocycles. The highest BCUT2D eigenvalue weighted by Gasteiger charge is 2.38. The van der Waals surface area contributed by atoms with Crippen molar-refractivity contribution >= 4 is 44.1 Å². The number of benzene rings is 4. The van der Waals surface area contributed by atoms with Crippen LogP contribution in [0.2, 0.25) is 0 Å². The van der Waals surface area contributed by atoms with Crippen LogP contribution in [-0.2, 0) is 22.5 Å². The first-order chi connectivity index (χ1) is 44.6. The van der Waals surface area contributed by atoms with Gasteiger partial charge in [0.2, 0.25) is 11.4 Å². The van der Waals surface area contributed by atoms with Gasteiger partial charge in [-0.05, 0) is 170 Å². The maximum atomic E-state index is 14.4. The first kappa shape index (κ1) is 83.1. The number of anilines is 2. The van der Waals surface area contributed by atoms with Crippen molar-refractivity contribution in [2.45, 2.75) is 204 Å². The summed E-state index contributed by atoms with van der Waals surface area (Å²) in [4.78, 5) is 4.88. The fourth-order valence-corrected chi connectivity index (χ4v) is 11.7. The first-order valence-electron chi connectivity index (χ1n) is 34.1. The van der Waals surface area contributed by atoms with Gasteiger partial charge in [0.25, 0.3) is 0 Å². The Labute approximate surface area is 569 Å². The van der Waals surface area contributed by atoms with Gasteiger partial charge in [0.15, 0.2) is 10.1 Å². The number of hydrogen-bond acceptors (Lipinski definition) is 5. The molecule has 0 unspecified atom stereocenters. The minimum Gasteiger partial charge on any atom is -1.00 e. The fraction of sp³-hybridized carbons (Fsp3) is 0.506. The fourth-order valence-electron chi connectivity index (χ4n) is 11.7. The summed E-state index contributed by atoms with van der Waals surface area (Å²) in [5.74, 6) is 0. The van der Waals surface area contributed by atoms with Crippen LogP contribution in [0.5, 0.6) is 0 Å². The van der Waals surface area contributed by atoms with Gasteiger partial charge in [0.1, 0.15) is 26.2 Å². The van der Waals surface area contributed by atoms with E-state index in [9.17, 15) is 39.5 Å². The number of nitrogens with zero attached hydrogens (tertiary/aromatic N) is 4. The van der Waals surface area contributed by atoms with Crippen molar-refractivity contribution in [3.8, 4) is 0 Å². The molecule has 6 rings (SSSR count). The Morgan fingerprint density at radius 1 is 0.432 bits per heavy atom. The van der Waals surface area contributed by atoms with E-state index < -0.39 is 39.1 Å². The molecule has 0 spiro atoms. The molecule has 526 valence electrons. The van der Waals surface area contributed by atoms with E-state index in [0.29, 0.717) is 11.1 Å². The monoisotopic (exact) mass is 1370 g/mol. The molecule has 0 radical (unpaired) electrons. The lowest BCUT2D eigenvalue weighted by atomic mass is 9.86. The molecule has 7 nitrogen and oxygen atoms in total. The van der Waals surface area contributed by atoms with Crippen LogP contribution in [0.15, 0.2) is 144 Å². The summed E-state index contributed by atoms with van der Waals surface area (Å²) in [5.41, 5.74) is 7.11. The summed E-state index contributed by atoms with van der Waals surface area (Å²) in [6, 6.07) is 24.5. The lowest BCUT2D eigenvalue weighted by molar-refractivity contribution is -0.528. The number of alkyl halides is 9. The zero-order chi connectivity index (χ0) is 69.8. The smallest absolute Gasteiger partial charge is 0.485 e. The second-order valence-corrected chi connectivity index (χ2v) is 25.9. The van der Waals surface area contributed by atoms with Gasteiger partial charge >= 0.3 is 17.9 Å². The van der Waals surface area contributed by atoms with Crippen LogP contribution in [0.1, 0.15) is 216 Å². The topological polar surface area (TPSA) is 69.7 Å². The van der Waals surface area contributed by atoms with E-state index in [-0.39, 0.29) is 23.5 Å². The van der Waals surface area contributed by atoms with Gasteiger partial charge < -0.3 is 26.8 Å². The maximum absolute atomic E-state index is 14.4. The molecule has 4 aromatic rings. The van der Waals surface area contributed by atoms with Crippen molar-refractivity contribution in [2.24, 2.45) is 0 Å². The molecule has 0 atom stereocenters. The van der Waals surface area contributed by atoms with Gasteiger partial charge in [-0.2, -0.15) is 39.5 Å². The highest BCUT2D eigenvalue weighted by Crippen LogP contribution is 2.43. The molecule has 0 aliphatic heterocycles. The molecule has 18 heteroatoms. The van der Waals surface area contributed by atoms with E-state index in [1.165, 1.54) is 47.1 Å². The molecule has 4 aromatic carbocycles. The molecule has 0 amide bonds. The van der Waals surface area contributed by atoms with Crippen molar-refractivity contribution in [3.05, 3.63) is 188 Å². The highest BCUT2D eigenvalue weighted by atomic mass is 35.5. The normalized spacial score (nSPS) is 14.4. The summed E-state index contributed by atoms with van der Waals surface area (Å²) >= 11 is 0. The largest absolute Gasteiger partial charge is 1.00 e. The number of allylic oxidation sites excluding steroid dienone is 10. The van der Waals surface area contributed by atoms with Gasteiger partial charge in [-0.25, -0.2) is 17.6 Å². The second-order valence-electron chi connectivity index (χ2n) is 24.5. The predicted octanol–water partition coefficient (Wildman–Crippen LogP) is 18.6. The van der Waals surface area contributed by atoms with Gasteiger partial charge in [-0.15, -0.1) is 0 Å². The van der Waals surface area contributed by atoms with Crippen molar-refractivity contribution in [2.75, 3.05) is 62.2 Å². The minimum atomic E-state index is -6.09. The maximum Gasteiger partial charge on any atom is 0.485 e. The molecule has 2 aliphatic carbocycles. The van der Waals surface area contributed by atoms with Crippen LogP contribution in [-0.4, -0.2) is 91.4 Å². The van der Waals surface area contributed by atoms with Crippen molar-refractivity contribution in [1.82, 2.24) is 0 Å². The molecule has 0 bridgehead atoms. The molecule has 0 heterocycles. The summed E-state index contributed by atoms with van der Waals surface area (Å²) in [6.07, 6.45) is 21.4. The van der Waals surface area contributed by atoms with Crippen LogP contribution >= 0.6 is 0 Å². The number of rotatable bonds is 30. The quantitative estimate of drug-likeness (QED) is 0.0225. The second kappa shape index (κ2) is 40.5. The third kappa shape index (κ3) is 25.0. The summed E-state index contributed by atoms with van der Waals surface area (Å²) < 4.78 is 150. The Bertz CT molecular complexity index is 3220. The van der Waals surface area contributed by atoms with Gasteiger partial charge in [0, 0.05) is 86.5 Å². The molecule has 0 saturated heterocycles. The van der Waals surface area contributed by atoms with Crippen LogP contribution in [0.4, 0.5) is 50.9 Å². The van der Waals surface area contributed by atoms with E-state index in [1.807, 2.05) is 24.3 Å². The summed E-state index contributed by atoms with van der Waals surface area (Å²) in [7, 11) is -6.09. The van der Waals surface area contributed by atoms with Crippen molar-refractivity contribution in [3.63, 3.8) is 0 Å². The van der Waals surface area contributed by atoms with E-state index in [0.717, 1.165) is 200 Å². The number of aryl methyl sites for hydroxylation is 2. The van der Waals surface area contributed by atoms with Gasteiger partial charge in [0.05, 0.1) is 11.1 Å². The zero-order valence-corrected chi connectivity index (χ0v) is 59.8. The predicted molar refractivity (Wildman–Crippen MR) is 373 cm³/mol. The van der Waals surface area contributed by atoms with Crippen molar-refractivity contribution in [1.29, 1.82) is 0 Å². The average molecular weight is 1370 g/mol. The summed E-state index contributed by atoms with van der Waals surface area (Å²) in [6.45, 7) is 33.8. The Balaban J connectivity index is 0.000000439. The standard InChI is InChI=1S/2C38H52F3N2.CHF3O3S.ClH/c2*1-7-11-23-42(24-12-8-2)35-21-19-31(27-29(35)5)37(33-17-15-16-18-34(33)38(39,40)41)32-20-22-36(30(6)28-32)43(25-13-9-3)26-14-10-4;2-1(3,4)8(5,6)7;/h2*15-22,27-28H,7-14,23-26H2,1-6H3;(H,5,6,7);1H/q2*+1;;/p-2. The third-order valence-corrected chi connectivity index (χ3v) is 17.4. The molecule has 0 aromatic heterocycles. The van der Waals surface area contributed by atoms with E-state index in [2.05, 4.69) is 151 Å². The Morgan fingerprint density at radius 2 is 0.716 bits per heavy atom. The van der Waals surface area contributed by atoms with Crippen LogP contribution in [0, 0.1) is 13.8 Å². The summed E-state index contributed by atoms with van der Waals surface area (Å²) in [5, 5.41) is 0. The Morgan fingerprint density at radius 3 is 0.958 bits per heavy atom. The number of hydrogen-bond donors (Lipinski definition) is 0. The van der Waals surface area contributed by atoms with Gasteiger partial charge in [-0.1, -0.05) is 155 Å². The molecule has 0 fully saturated rings. The van der Waals surface area contributed by atoms with E-state index in [4.69, 9.17) is 13.0 Å². The third-order valence-electron chi connectivity index (χ3n) is 16.8. The average Bonchev–Trinajstić information content (AvgIpc) is 0.778. The number of halogens is 10. The lowest BCUT2D eigenvalue weighted by Crippen LogP contribution is -3.00. The SMILES string of the molecule is CCCCN(CCCC)c1ccc(C(=C2C=CC(=[N+](CCCC)CCCC)C(C)=C2)c2ccccc2C(F)(F)F)cc1C.CCCCN(CCCC)c1ccc(C(=C2C=CC(=[N+](CCCC)CCCC)C(C)=C2)c2ccccc2C(F)(F)F)cc1C.O=S(=O)([O-])C(F)(F)F.[Cl-]. The molecular formula is C77H104ClF9N4O3S. The highest BCUT2D eigenvalue weighted by molar-refractivity contribution is 7.86. The van der Waals surface area contributed by atoms with Crippen molar-refractivity contribution < 1.29 is 74.0 Å². The van der Waals surface area contributed by atoms with Gasteiger partial charge in [-0.3, -0.25) is 0 Å². The first-order valence-corrected chi connectivity index (χ1v) is 35.5. The molecule has 2 aliphatic rings. The van der Waals surface area contributed by atoms with E-state index >= 15 is 0 Å². The minimum absolute atomic E-state index is 0. The van der Waals surface area contributed by atoms with E-state index in [1.54, 1.807) is 24.3 Å². The number of unbranched alkanes of at least 4 members (excludes halogenated alkanes) is 8. The molecule has 95 heavy (non-hydrogen) atoms. The van der Waals surface area contributed by atoms with Crippen LogP contribution in [0.3, 0.4) is 0 Å². The van der Waals surface area contributed by atoms with Crippen LogP contribution < -0.4 is 22.2 Å². The molecule has 0 N–H and O–H groups in total. The molecular weight excluding hydrogens is 1270 g/mol. The zero-order valence-electron chi connectivity index (χ0n) is 58.2. The lowest BCUT2D eigenvalue weighted by Gasteiger charge is -2.27. The Hall–Kier alpha value is -6.17.